The number of rotatable bonds is 5. The van der Waals surface area contributed by atoms with Crippen molar-refractivity contribution >= 4 is 11.3 Å². The van der Waals surface area contributed by atoms with Gasteiger partial charge in [-0.15, -0.1) is 11.3 Å². The first-order valence-electron chi connectivity index (χ1n) is 4.82. The second-order valence-corrected chi connectivity index (χ2v) is 4.77. The number of nitrogens with two attached hydrogens (primary N) is 1. The van der Waals surface area contributed by atoms with Gasteiger partial charge in [-0.25, -0.2) is 4.98 Å². The monoisotopic (exact) mass is 214 g/mol. The lowest BCUT2D eigenvalue weighted by atomic mass is 10.1. The molecule has 0 aliphatic heterocycles. The third-order valence-electron chi connectivity index (χ3n) is 1.88. The van der Waals surface area contributed by atoms with E-state index in [1.54, 1.807) is 18.4 Å². The molecule has 1 atom stereocenters. The van der Waals surface area contributed by atoms with Crippen molar-refractivity contribution in [1.82, 2.24) is 4.98 Å². The Hall–Kier alpha value is -0.450. The number of ether oxygens (including phenoxy) is 1. The minimum absolute atomic E-state index is 0.0860. The van der Waals surface area contributed by atoms with Crippen LogP contribution in [0.4, 0.5) is 0 Å². The SMILES string of the molecule is COCC(N)c1csc(CC(C)C)n1. The van der Waals surface area contributed by atoms with Crippen molar-refractivity contribution in [2.75, 3.05) is 13.7 Å². The summed E-state index contributed by atoms with van der Waals surface area (Å²) in [4.78, 5) is 4.48. The van der Waals surface area contributed by atoms with E-state index in [9.17, 15) is 0 Å². The van der Waals surface area contributed by atoms with E-state index in [0.29, 0.717) is 12.5 Å². The summed E-state index contributed by atoms with van der Waals surface area (Å²) < 4.78 is 4.99. The van der Waals surface area contributed by atoms with Crippen LogP contribution in [-0.4, -0.2) is 18.7 Å². The Bertz CT molecular complexity index is 273. The van der Waals surface area contributed by atoms with Gasteiger partial charge in [0.25, 0.3) is 0 Å². The van der Waals surface area contributed by atoms with Crippen LogP contribution in [0.1, 0.15) is 30.6 Å². The summed E-state index contributed by atoms with van der Waals surface area (Å²) in [5.74, 6) is 0.646. The van der Waals surface area contributed by atoms with Crippen LogP contribution in [0.3, 0.4) is 0 Å². The average Bonchev–Trinajstić information content (AvgIpc) is 2.52. The molecule has 1 heterocycles. The van der Waals surface area contributed by atoms with E-state index in [0.717, 1.165) is 12.1 Å². The predicted octanol–water partition coefficient (Wildman–Crippen LogP) is 1.99. The molecule has 0 saturated carbocycles. The third-order valence-corrected chi connectivity index (χ3v) is 2.77. The highest BCUT2D eigenvalue weighted by atomic mass is 32.1. The molecule has 3 nitrogen and oxygen atoms in total. The molecule has 0 aromatic carbocycles. The van der Waals surface area contributed by atoms with Gasteiger partial charge in [0.05, 0.1) is 23.4 Å². The zero-order valence-electron chi connectivity index (χ0n) is 8.99. The lowest BCUT2D eigenvalue weighted by Gasteiger charge is -2.06. The maximum Gasteiger partial charge on any atom is 0.0931 e. The first-order valence-corrected chi connectivity index (χ1v) is 5.70. The second kappa shape index (κ2) is 5.44. The Morgan fingerprint density at radius 3 is 2.86 bits per heavy atom. The molecule has 0 amide bonds. The van der Waals surface area contributed by atoms with Crippen LogP contribution in [0.2, 0.25) is 0 Å². The minimum atomic E-state index is -0.0860. The normalized spacial score (nSPS) is 13.5. The smallest absolute Gasteiger partial charge is 0.0931 e. The summed E-state index contributed by atoms with van der Waals surface area (Å²) in [6.45, 7) is 4.91. The molecule has 0 bridgehead atoms. The van der Waals surface area contributed by atoms with Crippen LogP contribution >= 0.6 is 11.3 Å². The topological polar surface area (TPSA) is 48.1 Å². The first kappa shape index (κ1) is 11.6. The lowest BCUT2D eigenvalue weighted by molar-refractivity contribution is 0.180. The van der Waals surface area contributed by atoms with Crippen molar-refractivity contribution < 1.29 is 4.74 Å². The standard InChI is InChI=1S/C10H18N2OS/c1-7(2)4-10-12-9(6-14-10)8(11)5-13-3/h6-8H,4-5,11H2,1-3H3. The zero-order chi connectivity index (χ0) is 10.6. The molecular weight excluding hydrogens is 196 g/mol. The van der Waals surface area contributed by atoms with Gasteiger partial charge in [-0.1, -0.05) is 13.8 Å². The number of aromatic nitrogens is 1. The van der Waals surface area contributed by atoms with E-state index in [4.69, 9.17) is 10.5 Å². The van der Waals surface area contributed by atoms with E-state index in [1.165, 1.54) is 5.01 Å². The van der Waals surface area contributed by atoms with Gasteiger partial charge in [0.15, 0.2) is 0 Å². The Morgan fingerprint density at radius 2 is 2.29 bits per heavy atom. The largest absolute Gasteiger partial charge is 0.383 e. The second-order valence-electron chi connectivity index (χ2n) is 3.83. The van der Waals surface area contributed by atoms with Crippen molar-refractivity contribution in [2.45, 2.75) is 26.3 Å². The molecule has 80 valence electrons. The van der Waals surface area contributed by atoms with Crippen LogP contribution in [0.25, 0.3) is 0 Å². The maximum absolute atomic E-state index is 5.87. The molecule has 0 radical (unpaired) electrons. The molecule has 4 heteroatoms. The van der Waals surface area contributed by atoms with Crippen molar-refractivity contribution in [2.24, 2.45) is 11.7 Å². The first-order chi connectivity index (χ1) is 6.63. The highest BCUT2D eigenvalue weighted by Gasteiger charge is 2.10. The molecule has 0 spiro atoms. The molecule has 0 aliphatic rings. The van der Waals surface area contributed by atoms with Crippen LogP contribution < -0.4 is 5.73 Å². The quantitative estimate of drug-likeness (QED) is 0.815. The van der Waals surface area contributed by atoms with Gasteiger partial charge in [-0.2, -0.15) is 0 Å². The van der Waals surface area contributed by atoms with Gasteiger partial charge in [0.1, 0.15) is 0 Å². The van der Waals surface area contributed by atoms with Crippen LogP contribution in [0, 0.1) is 5.92 Å². The lowest BCUT2D eigenvalue weighted by Crippen LogP contribution is -2.16. The summed E-state index contributed by atoms with van der Waals surface area (Å²) in [6, 6.07) is -0.0860. The van der Waals surface area contributed by atoms with Crippen LogP contribution in [0.5, 0.6) is 0 Å². The fourth-order valence-electron chi connectivity index (χ4n) is 1.20. The molecule has 1 unspecified atom stereocenters. The number of hydrogen-bond acceptors (Lipinski definition) is 4. The van der Waals surface area contributed by atoms with Crippen LogP contribution in [-0.2, 0) is 11.2 Å². The fraction of sp³-hybridized carbons (Fsp3) is 0.700. The van der Waals surface area contributed by atoms with E-state index < -0.39 is 0 Å². The van der Waals surface area contributed by atoms with Crippen molar-refractivity contribution in [3.63, 3.8) is 0 Å². The maximum atomic E-state index is 5.87. The number of hydrogen-bond donors (Lipinski definition) is 1. The van der Waals surface area contributed by atoms with Crippen molar-refractivity contribution in [3.8, 4) is 0 Å². The summed E-state index contributed by atoms with van der Waals surface area (Å²) in [7, 11) is 1.65. The molecule has 0 aliphatic carbocycles. The molecule has 14 heavy (non-hydrogen) atoms. The van der Waals surface area contributed by atoms with Gasteiger partial charge >= 0.3 is 0 Å². The predicted molar refractivity (Wildman–Crippen MR) is 59.5 cm³/mol. The number of methoxy groups -OCH3 is 1. The third kappa shape index (κ3) is 3.36. The van der Waals surface area contributed by atoms with E-state index in [2.05, 4.69) is 18.8 Å². The van der Waals surface area contributed by atoms with Crippen LogP contribution in [0.15, 0.2) is 5.38 Å². The van der Waals surface area contributed by atoms with Gasteiger partial charge in [-0.05, 0) is 5.92 Å². The summed E-state index contributed by atoms with van der Waals surface area (Å²) in [6.07, 6.45) is 1.03. The molecule has 2 N–H and O–H groups in total. The van der Waals surface area contributed by atoms with Gasteiger partial charge in [0.2, 0.25) is 0 Å². The molecule has 1 aromatic heterocycles. The van der Waals surface area contributed by atoms with E-state index >= 15 is 0 Å². The Balaban J connectivity index is 2.58. The minimum Gasteiger partial charge on any atom is -0.383 e. The van der Waals surface area contributed by atoms with Crippen molar-refractivity contribution in [1.29, 1.82) is 0 Å². The molecule has 1 rings (SSSR count). The van der Waals surface area contributed by atoms with Gasteiger partial charge in [0, 0.05) is 18.9 Å². The van der Waals surface area contributed by atoms with E-state index in [-0.39, 0.29) is 6.04 Å². The summed E-state index contributed by atoms with van der Waals surface area (Å²) in [5, 5.41) is 3.20. The Morgan fingerprint density at radius 1 is 1.57 bits per heavy atom. The summed E-state index contributed by atoms with van der Waals surface area (Å²) >= 11 is 1.69. The van der Waals surface area contributed by atoms with E-state index in [1.807, 2.05) is 5.38 Å². The molecule has 0 fully saturated rings. The fourth-order valence-corrected chi connectivity index (χ4v) is 2.28. The zero-order valence-corrected chi connectivity index (χ0v) is 9.80. The van der Waals surface area contributed by atoms with Gasteiger partial charge in [-0.3, -0.25) is 0 Å². The molecule has 1 aromatic rings. The highest BCUT2D eigenvalue weighted by Crippen LogP contribution is 2.18. The summed E-state index contributed by atoms with van der Waals surface area (Å²) in [5.41, 5.74) is 6.82. The number of thiazole rings is 1. The van der Waals surface area contributed by atoms with Crippen molar-refractivity contribution in [3.05, 3.63) is 16.1 Å². The molecular formula is C10H18N2OS. The van der Waals surface area contributed by atoms with Gasteiger partial charge < -0.3 is 10.5 Å². The Labute approximate surface area is 89.3 Å². The average molecular weight is 214 g/mol. The highest BCUT2D eigenvalue weighted by molar-refractivity contribution is 7.09. The Kier molecular flexibility index (Phi) is 4.51. The molecule has 0 saturated heterocycles. The number of nitrogens with zero attached hydrogens (tertiary/aromatic N) is 1.